The van der Waals surface area contributed by atoms with Crippen molar-refractivity contribution in [1.82, 2.24) is 9.88 Å². The van der Waals surface area contributed by atoms with E-state index in [0.717, 1.165) is 29.3 Å². The number of anilines is 1. The van der Waals surface area contributed by atoms with E-state index in [-0.39, 0.29) is 18.0 Å². The van der Waals surface area contributed by atoms with Crippen molar-refractivity contribution in [2.24, 2.45) is 0 Å². The molecule has 1 unspecified atom stereocenters. The van der Waals surface area contributed by atoms with Crippen LogP contribution in [0.4, 0.5) is 10.6 Å². The molecule has 3 amide bonds. The number of carbonyl (C=O) groups excluding carboxylic acids is 2. The zero-order chi connectivity index (χ0) is 18.1. The second-order valence-electron chi connectivity index (χ2n) is 6.43. The molecule has 0 bridgehead atoms. The molecule has 6 nitrogen and oxygen atoms in total. The summed E-state index contributed by atoms with van der Waals surface area (Å²) in [5.41, 5.74) is 1.04. The number of aromatic nitrogens is 1. The molecule has 1 aromatic carbocycles. The van der Waals surface area contributed by atoms with Crippen molar-refractivity contribution < 1.29 is 14.3 Å². The molecular weight excluding hydrogens is 398 g/mol. The van der Waals surface area contributed by atoms with Gasteiger partial charge in [-0.05, 0) is 49.1 Å². The summed E-state index contributed by atoms with van der Waals surface area (Å²) >= 11 is 3.40. The Balaban J connectivity index is 1.45. The van der Waals surface area contributed by atoms with Gasteiger partial charge in [-0.15, -0.1) is 0 Å². The maximum atomic E-state index is 12.6. The lowest BCUT2D eigenvalue weighted by atomic mass is 10.0. The normalized spacial score (nSPS) is 19.7. The average Bonchev–Trinajstić information content (AvgIpc) is 2.93. The minimum atomic E-state index is -0.327. The minimum absolute atomic E-state index is 0.175. The molecule has 1 atom stereocenters. The lowest BCUT2D eigenvalue weighted by molar-refractivity contribution is -0.120. The van der Waals surface area contributed by atoms with E-state index < -0.39 is 0 Å². The molecule has 26 heavy (non-hydrogen) atoms. The van der Waals surface area contributed by atoms with Gasteiger partial charge in [-0.2, -0.15) is 0 Å². The number of imide groups is 1. The van der Waals surface area contributed by atoms with Crippen LogP contribution >= 0.6 is 15.9 Å². The van der Waals surface area contributed by atoms with Crippen molar-refractivity contribution in [3.05, 3.63) is 52.6 Å². The lowest BCUT2D eigenvalue weighted by Gasteiger charge is -2.25. The summed E-state index contributed by atoms with van der Waals surface area (Å²) in [6.07, 6.45) is 4.20. The topological polar surface area (TPSA) is 62.7 Å². The molecule has 0 saturated carbocycles. The monoisotopic (exact) mass is 415 g/mol. The molecule has 1 aromatic heterocycles. The molecule has 2 aliphatic heterocycles. The molecular formula is C19H18BrN3O3. The van der Waals surface area contributed by atoms with E-state index in [1.54, 1.807) is 23.2 Å². The van der Waals surface area contributed by atoms with E-state index in [2.05, 4.69) is 20.9 Å². The van der Waals surface area contributed by atoms with Crippen LogP contribution in [-0.4, -0.2) is 34.4 Å². The highest BCUT2D eigenvalue weighted by Gasteiger charge is 2.47. The number of urea groups is 1. The fourth-order valence-corrected chi connectivity index (χ4v) is 3.60. The Kier molecular flexibility index (Phi) is 4.63. The summed E-state index contributed by atoms with van der Waals surface area (Å²) in [5.74, 6) is 0.768. The molecule has 0 N–H and O–H groups in total. The number of rotatable bonds is 4. The largest absolute Gasteiger partial charge is 0.487 e. The average molecular weight is 416 g/mol. The minimum Gasteiger partial charge on any atom is -0.487 e. The molecule has 0 radical (unpaired) electrons. The molecule has 2 aliphatic rings. The van der Waals surface area contributed by atoms with Crippen molar-refractivity contribution in [3.63, 3.8) is 0 Å². The number of amides is 3. The fraction of sp³-hybridized carbons (Fsp3) is 0.316. The van der Waals surface area contributed by atoms with Gasteiger partial charge >= 0.3 is 6.03 Å². The number of nitrogens with zero attached hydrogens (tertiary/aromatic N) is 3. The van der Waals surface area contributed by atoms with Gasteiger partial charge in [-0.3, -0.25) is 4.79 Å². The Bertz CT molecular complexity index is 799. The maximum absolute atomic E-state index is 12.6. The number of halogens is 1. The van der Waals surface area contributed by atoms with Crippen LogP contribution in [0.3, 0.4) is 0 Å². The van der Waals surface area contributed by atoms with E-state index in [0.29, 0.717) is 24.7 Å². The van der Waals surface area contributed by atoms with Crippen LogP contribution in [0.2, 0.25) is 0 Å². The summed E-state index contributed by atoms with van der Waals surface area (Å²) < 4.78 is 6.74. The summed E-state index contributed by atoms with van der Waals surface area (Å²) in [4.78, 5) is 32.2. The summed E-state index contributed by atoms with van der Waals surface area (Å²) in [6, 6.07) is 10.7. The van der Waals surface area contributed by atoms with Crippen LogP contribution in [0.5, 0.6) is 5.75 Å². The lowest BCUT2D eigenvalue weighted by Crippen LogP contribution is -2.39. The number of pyridine rings is 1. The smallest absolute Gasteiger partial charge is 0.333 e. The highest BCUT2D eigenvalue weighted by molar-refractivity contribution is 9.10. The van der Waals surface area contributed by atoms with Crippen molar-refractivity contribution >= 4 is 33.7 Å². The number of hydrogen-bond acceptors (Lipinski definition) is 4. The van der Waals surface area contributed by atoms with Crippen LogP contribution in [0.25, 0.3) is 0 Å². The Hall–Kier alpha value is -2.41. The van der Waals surface area contributed by atoms with Gasteiger partial charge in [0.05, 0.1) is 6.20 Å². The molecule has 4 rings (SSSR count). The first-order valence-electron chi connectivity index (χ1n) is 8.61. The van der Waals surface area contributed by atoms with Crippen LogP contribution in [0.15, 0.2) is 47.1 Å². The van der Waals surface area contributed by atoms with Gasteiger partial charge < -0.3 is 9.64 Å². The Morgan fingerprint density at radius 1 is 1.12 bits per heavy atom. The standard InChI is InChI=1S/C19H18BrN3O3/c20-14-6-4-13(5-7-14)12-26-15-8-9-17(21-11-15)23-18(24)16-3-1-2-10-22(16)19(23)25/h4-9,11,16H,1-3,10,12H2. The Morgan fingerprint density at radius 3 is 2.62 bits per heavy atom. The summed E-state index contributed by atoms with van der Waals surface area (Å²) in [6.45, 7) is 1.06. The molecule has 0 aliphatic carbocycles. The summed E-state index contributed by atoms with van der Waals surface area (Å²) in [5, 5.41) is 0. The van der Waals surface area contributed by atoms with Gasteiger partial charge in [-0.25, -0.2) is 14.7 Å². The van der Waals surface area contributed by atoms with Gasteiger partial charge in [0.2, 0.25) is 0 Å². The third-order valence-corrected chi connectivity index (χ3v) is 5.24. The molecule has 2 fully saturated rings. The van der Waals surface area contributed by atoms with Crippen LogP contribution in [-0.2, 0) is 11.4 Å². The number of carbonyl (C=O) groups is 2. The molecule has 0 spiro atoms. The highest BCUT2D eigenvalue weighted by Crippen LogP contribution is 2.30. The maximum Gasteiger partial charge on any atom is 0.333 e. The second kappa shape index (κ2) is 7.07. The van der Waals surface area contributed by atoms with E-state index in [4.69, 9.17) is 4.74 Å². The number of ether oxygens (including phenoxy) is 1. The number of hydrogen-bond donors (Lipinski definition) is 0. The third-order valence-electron chi connectivity index (χ3n) is 4.71. The van der Waals surface area contributed by atoms with Crippen LogP contribution < -0.4 is 9.64 Å². The van der Waals surface area contributed by atoms with E-state index in [9.17, 15) is 9.59 Å². The van der Waals surface area contributed by atoms with Gasteiger partial charge in [0.15, 0.2) is 0 Å². The zero-order valence-electron chi connectivity index (χ0n) is 14.1. The first-order chi connectivity index (χ1) is 12.6. The van der Waals surface area contributed by atoms with Crippen molar-refractivity contribution in [1.29, 1.82) is 0 Å². The van der Waals surface area contributed by atoms with E-state index in [1.165, 1.54) is 4.90 Å². The molecule has 2 saturated heterocycles. The van der Waals surface area contributed by atoms with Crippen LogP contribution in [0, 0.1) is 0 Å². The van der Waals surface area contributed by atoms with E-state index >= 15 is 0 Å². The first-order valence-corrected chi connectivity index (χ1v) is 9.40. The van der Waals surface area contributed by atoms with Gasteiger partial charge in [0, 0.05) is 11.0 Å². The molecule has 2 aromatic rings. The Morgan fingerprint density at radius 2 is 1.92 bits per heavy atom. The quantitative estimate of drug-likeness (QED) is 0.713. The van der Waals surface area contributed by atoms with E-state index in [1.807, 2.05) is 24.3 Å². The number of fused-ring (bicyclic) bond motifs is 1. The zero-order valence-corrected chi connectivity index (χ0v) is 15.7. The molecule has 134 valence electrons. The predicted molar refractivity (Wildman–Crippen MR) is 99.9 cm³/mol. The second-order valence-corrected chi connectivity index (χ2v) is 7.34. The van der Waals surface area contributed by atoms with Crippen molar-refractivity contribution in [2.45, 2.75) is 31.9 Å². The third kappa shape index (κ3) is 3.19. The fourth-order valence-electron chi connectivity index (χ4n) is 3.34. The van der Waals surface area contributed by atoms with Gasteiger partial charge in [0.1, 0.15) is 24.2 Å². The molecule has 3 heterocycles. The first kappa shape index (κ1) is 17.0. The van der Waals surface area contributed by atoms with Gasteiger partial charge in [-0.1, -0.05) is 28.1 Å². The molecule has 7 heteroatoms. The number of benzene rings is 1. The SMILES string of the molecule is O=C1C2CCCCN2C(=O)N1c1ccc(OCc2ccc(Br)cc2)cn1. The predicted octanol–water partition coefficient (Wildman–Crippen LogP) is 3.74. The Labute approximate surface area is 159 Å². The summed E-state index contributed by atoms with van der Waals surface area (Å²) in [7, 11) is 0. The number of piperidine rings is 1. The van der Waals surface area contributed by atoms with Crippen LogP contribution in [0.1, 0.15) is 24.8 Å². The highest BCUT2D eigenvalue weighted by atomic mass is 79.9. The van der Waals surface area contributed by atoms with Crippen molar-refractivity contribution in [2.75, 3.05) is 11.4 Å². The van der Waals surface area contributed by atoms with Crippen molar-refractivity contribution in [3.8, 4) is 5.75 Å². The van der Waals surface area contributed by atoms with Gasteiger partial charge in [0.25, 0.3) is 5.91 Å².